The molecule has 3 aliphatic heterocycles. The lowest BCUT2D eigenvalue weighted by atomic mass is 9.77. The number of rotatable bonds is 12. The fourth-order valence-electron chi connectivity index (χ4n) is 7.35. The molecule has 0 spiro atoms. The molecule has 246 valence electrons. The highest BCUT2D eigenvalue weighted by molar-refractivity contribution is 7.89. The van der Waals surface area contributed by atoms with E-state index in [1.807, 2.05) is 4.90 Å². The molecule has 10 nitrogen and oxygen atoms in total. The number of nitrogens with zero attached hydrogens (tertiary/aromatic N) is 3. The van der Waals surface area contributed by atoms with E-state index in [2.05, 4.69) is 11.0 Å². The molecule has 3 fully saturated rings. The molecule has 0 radical (unpaired) electrons. The highest BCUT2D eigenvalue weighted by atomic mass is 32.2. The average Bonchev–Trinajstić information content (AvgIpc) is 3.08. The van der Waals surface area contributed by atoms with Gasteiger partial charge in [-0.05, 0) is 93.8 Å². The van der Waals surface area contributed by atoms with Gasteiger partial charge < -0.3 is 29.1 Å². The number of amides is 1. The molecule has 11 heteroatoms. The second kappa shape index (κ2) is 15.9. The molecule has 3 heterocycles. The number of allylic oxidation sites excluding steroid dienone is 1. The van der Waals surface area contributed by atoms with Crippen LogP contribution in [0.2, 0.25) is 0 Å². The van der Waals surface area contributed by atoms with Crippen molar-refractivity contribution in [2.45, 2.75) is 87.9 Å². The maximum Gasteiger partial charge on any atom is 0.288 e. The summed E-state index contributed by atoms with van der Waals surface area (Å²) in [6, 6.07) is 6.75. The van der Waals surface area contributed by atoms with Crippen LogP contribution in [-0.2, 0) is 24.3 Å². The number of aliphatic hydroxyl groups excluding tert-OH is 1. The quantitative estimate of drug-likeness (QED) is 0.368. The van der Waals surface area contributed by atoms with Gasteiger partial charge in [0.05, 0.1) is 25.2 Å². The first-order chi connectivity index (χ1) is 21.4. The Kier molecular flexibility index (Phi) is 12.0. The average molecular weight is 634 g/mol. The van der Waals surface area contributed by atoms with Crippen molar-refractivity contribution in [3.05, 3.63) is 36.1 Å². The third-order valence-electron chi connectivity index (χ3n) is 9.90. The van der Waals surface area contributed by atoms with Crippen LogP contribution in [0.4, 0.5) is 0 Å². The van der Waals surface area contributed by atoms with Crippen LogP contribution in [0.3, 0.4) is 0 Å². The predicted molar refractivity (Wildman–Crippen MR) is 167 cm³/mol. The number of hydrogen-bond donors (Lipinski definition) is 1. The number of benzene rings is 1. The summed E-state index contributed by atoms with van der Waals surface area (Å²) in [5.41, 5.74) is 0. The first kappa shape index (κ1) is 33.2. The summed E-state index contributed by atoms with van der Waals surface area (Å²) >= 11 is 0. The van der Waals surface area contributed by atoms with E-state index in [4.69, 9.17) is 14.2 Å². The van der Waals surface area contributed by atoms with E-state index in [0.29, 0.717) is 29.9 Å². The summed E-state index contributed by atoms with van der Waals surface area (Å²) in [5.74, 6) is 1.57. The van der Waals surface area contributed by atoms with Crippen LogP contribution in [0.25, 0.3) is 0 Å². The zero-order valence-corrected chi connectivity index (χ0v) is 27.1. The number of carbonyl (C=O) groups excluding carboxylic acids is 1. The molecule has 44 heavy (non-hydrogen) atoms. The number of sulfonamides is 1. The number of hydrogen-bond acceptors (Lipinski definition) is 8. The van der Waals surface area contributed by atoms with Crippen molar-refractivity contribution in [3.63, 3.8) is 0 Å². The first-order valence-electron chi connectivity index (χ1n) is 16.7. The van der Waals surface area contributed by atoms with Gasteiger partial charge in [-0.15, -0.1) is 0 Å². The molecule has 2 atom stereocenters. The molecule has 2 saturated heterocycles. The second-order valence-corrected chi connectivity index (χ2v) is 14.6. The lowest BCUT2D eigenvalue weighted by molar-refractivity contribution is -0.158. The van der Waals surface area contributed by atoms with Crippen molar-refractivity contribution in [3.8, 4) is 5.75 Å². The van der Waals surface area contributed by atoms with Gasteiger partial charge in [0.25, 0.3) is 5.91 Å². The molecule has 0 aromatic heterocycles. The molecule has 1 saturated carbocycles. The molecule has 1 amide bonds. The molecule has 0 unspecified atom stereocenters. The fraction of sp³-hybridized carbons (Fsp3) is 0.727. The lowest BCUT2D eigenvalue weighted by Crippen LogP contribution is -2.49. The molecule has 5 rings (SSSR count). The van der Waals surface area contributed by atoms with Gasteiger partial charge in [0, 0.05) is 38.6 Å². The SMILES string of the molecule is COc1ccc(S(=O)(=O)N(CCO)CCO[C@H]2C[C@@H](C3CCCCC3)C=C(C(=O)N3CCC(N4CCCCC4)CC3)O2)cc1. The Hall–Kier alpha value is -2.18. The Morgan fingerprint density at radius 1 is 0.955 bits per heavy atom. The number of likely N-dealkylation sites (tertiary alicyclic amines) is 2. The second-order valence-electron chi connectivity index (χ2n) is 12.7. The third kappa shape index (κ3) is 8.34. The third-order valence-corrected chi connectivity index (χ3v) is 11.8. The van der Waals surface area contributed by atoms with Crippen LogP contribution in [0.5, 0.6) is 5.75 Å². The Labute approximate surface area is 263 Å². The Balaban J connectivity index is 1.21. The Morgan fingerprint density at radius 2 is 1.64 bits per heavy atom. The molecule has 4 aliphatic rings. The van der Waals surface area contributed by atoms with Crippen LogP contribution in [0.15, 0.2) is 41.0 Å². The summed E-state index contributed by atoms with van der Waals surface area (Å²) < 4.78 is 45.4. The van der Waals surface area contributed by atoms with Crippen molar-refractivity contribution in [1.29, 1.82) is 0 Å². The normalized spacial score (nSPS) is 24.6. The van der Waals surface area contributed by atoms with Crippen molar-refractivity contribution < 1.29 is 32.5 Å². The van der Waals surface area contributed by atoms with E-state index in [0.717, 1.165) is 38.8 Å². The van der Waals surface area contributed by atoms with E-state index in [-0.39, 0.29) is 43.0 Å². The van der Waals surface area contributed by atoms with Gasteiger partial charge in [-0.2, -0.15) is 4.31 Å². The number of piperidine rings is 2. The van der Waals surface area contributed by atoms with Gasteiger partial charge in [-0.1, -0.05) is 25.7 Å². The van der Waals surface area contributed by atoms with Crippen LogP contribution in [0.1, 0.15) is 70.6 Å². The van der Waals surface area contributed by atoms with Crippen LogP contribution in [-0.4, -0.2) is 105 Å². The number of carbonyl (C=O) groups is 1. The van der Waals surface area contributed by atoms with Gasteiger partial charge in [0.2, 0.25) is 16.3 Å². The highest BCUT2D eigenvalue weighted by Gasteiger charge is 2.36. The molecule has 1 N–H and O–H groups in total. The zero-order chi connectivity index (χ0) is 30.9. The van der Waals surface area contributed by atoms with Gasteiger partial charge in [0.1, 0.15) is 5.75 Å². The van der Waals surface area contributed by atoms with Crippen molar-refractivity contribution in [1.82, 2.24) is 14.1 Å². The number of ether oxygens (including phenoxy) is 3. The smallest absolute Gasteiger partial charge is 0.288 e. The van der Waals surface area contributed by atoms with E-state index < -0.39 is 16.3 Å². The standard InChI is InChI=1S/C33H51N3O7S/c1-41-29-10-12-30(13-11-29)44(39,40)36(20-22-37)21-23-42-32-25-27(26-8-4-2-5-9-26)24-31(43-32)33(38)35-18-14-28(15-19-35)34-16-6-3-7-17-34/h10-13,24,26-28,32,37H,2-9,14-23,25H2,1H3/t27-,32+/m0/s1. The van der Waals surface area contributed by atoms with E-state index >= 15 is 0 Å². The van der Waals surface area contributed by atoms with Crippen LogP contribution >= 0.6 is 0 Å². The minimum absolute atomic E-state index is 0.0506. The molecule has 1 aromatic rings. The van der Waals surface area contributed by atoms with E-state index in [1.54, 1.807) is 12.1 Å². The zero-order valence-electron chi connectivity index (χ0n) is 26.3. The minimum Gasteiger partial charge on any atom is -0.497 e. The van der Waals surface area contributed by atoms with Crippen molar-refractivity contribution in [2.75, 3.05) is 59.6 Å². The summed E-state index contributed by atoms with van der Waals surface area (Å²) in [7, 11) is -2.32. The van der Waals surface area contributed by atoms with Crippen molar-refractivity contribution >= 4 is 15.9 Å². The Morgan fingerprint density at radius 3 is 2.30 bits per heavy atom. The summed E-state index contributed by atoms with van der Waals surface area (Å²) in [6.45, 7) is 3.59. The predicted octanol–water partition coefficient (Wildman–Crippen LogP) is 4.00. The molecule has 1 aromatic carbocycles. The van der Waals surface area contributed by atoms with Crippen LogP contribution < -0.4 is 4.74 Å². The highest BCUT2D eigenvalue weighted by Crippen LogP contribution is 2.38. The maximum atomic E-state index is 13.8. The fourth-order valence-corrected chi connectivity index (χ4v) is 8.76. The summed E-state index contributed by atoms with van der Waals surface area (Å²) in [6.07, 6.45) is 13.9. The largest absolute Gasteiger partial charge is 0.497 e. The molecular formula is C33H51N3O7S. The van der Waals surface area contributed by atoms with Gasteiger partial charge in [-0.3, -0.25) is 4.79 Å². The number of aliphatic hydroxyl groups is 1. The van der Waals surface area contributed by atoms with Gasteiger partial charge >= 0.3 is 0 Å². The molecular weight excluding hydrogens is 582 g/mol. The van der Waals surface area contributed by atoms with E-state index in [9.17, 15) is 18.3 Å². The monoisotopic (exact) mass is 633 g/mol. The minimum atomic E-state index is -3.85. The maximum absolute atomic E-state index is 13.8. The topological polar surface area (TPSA) is 109 Å². The van der Waals surface area contributed by atoms with Crippen molar-refractivity contribution in [2.24, 2.45) is 11.8 Å². The Bertz CT molecular complexity index is 1190. The first-order valence-corrected chi connectivity index (χ1v) is 18.1. The molecule has 1 aliphatic carbocycles. The lowest BCUT2D eigenvalue weighted by Gasteiger charge is -2.41. The summed E-state index contributed by atoms with van der Waals surface area (Å²) in [4.78, 5) is 18.4. The van der Waals surface area contributed by atoms with Gasteiger partial charge in [0.15, 0.2) is 5.76 Å². The van der Waals surface area contributed by atoms with Gasteiger partial charge in [-0.25, -0.2) is 8.42 Å². The molecule has 0 bridgehead atoms. The van der Waals surface area contributed by atoms with Crippen LogP contribution in [0, 0.1) is 11.8 Å². The summed E-state index contributed by atoms with van der Waals surface area (Å²) in [5, 5.41) is 9.62. The van der Waals surface area contributed by atoms with E-state index in [1.165, 1.54) is 75.2 Å². The number of methoxy groups -OCH3 is 1.